The first-order valence-corrected chi connectivity index (χ1v) is 16.2. The van der Waals surface area contributed by atoms with Gasteiger partial charge in [-0.25, -0.2) is 27.6 Å². The van der Waals surface area contributed by atoms with Crippen LogP contribution in [0.2, 0.25) is 0 Å². The van der Waals surface area contributed by atoms with Gasteiger partial charge < -0.3 is 23.9 Å². The minimum Gasteiger partial charge on any atom is -0.754 e. The third kappa shape index (κ3) is 7.06. The molecule has 256 valence electrons. The number of hydrogen-bond acceptors (Lipinski definition) is 9. The van der Waals surface area contributed by atoms with Crippen LogP contribution >= 0.6 is 0 Å². The monoisotopic (exact) mass is 696 g/mol. The predicted octanol–water partition coefficient (Wildman–Crippen LogP) is 5.62. The van der Waals surface area contributed by atoms with Crippen molar-refractivity contribution in [2.24, 2.45) is 0 Å². The lowest BCUT2D eigenvalue weighted by atomic mass is 9.99. The third-order valence-electron chi connectivity index (χ3n) is 8.17. The van der Waals surface area contributed by atoms with Crippen molar-refractivity contribution in [3.63, 3.8) is 0 Å². The Morgan fingerprint density at radius 1 is 1.20 bits per heavy atom. The minimum atomic E-state index is -3.08. The second kappa shape index (κ2) is 14.2. The lowest BCUT2D eigenvalue weighted by Crippen LogP contribution is -2.43. The van der Waals surface area contributed by atoms with E-state index in [1.165, 1.54) is 6.20 Å². The Morgan fingerprint density at radius 2 is 1.98 bits per heavy atom. The molecule has 6 rings (SSSR count). The number of halogens is 3. The van der Waals surface area contributed by atoms with Crippen LogP contribution in [0.15, 0.2) is 65.4 Å². The Balaban J connectivity index is 1.18. The Kier molecular flexibility index (Phi) is 9.80. The van der Waals surface area contributed by atoms with Crippen LogP contribution in [-0.4, -0.2) is 71.6 Å². The summed E-state index contributed by atoms with van der Waals surface area (Å²) in [6.45, 7) is 1.64. The van der Waals surface area contributed by atoms with Crippen molar-refractivity contribution in [2.75, 3.05) is 24.1 Å². The van der Waals surface area contributed by atoms with Gasteiger partial charge in [0.05, 0.1) is 35.7 Å². The molecule has 1 aliphatic heterocycles. The second-order valence-electron chi connectivity index (χ2n) is 11.5. The zero-order chi connectivity index (χ0) is 34.8. The Bertz CT molecular complexity index is 2040. The number of benzene rings is 2. The van der Waals surface area contributed by atoms with Crippen LogP contribution in [0.5, 0.6) is 5.75 Å². The number of aromatic amines is 1. The van der Waals surface area contributed by atoms with Crippen molar-refractivity contribution >= 4 is 39.7 Å². The number of hydrazine groups is 1. The van der Waals surface area contributed by atoms with Gasteiger partial charge in [0.25, 0.3) is 0 Å². The van der Waals surface area contributed by atoms with Gasteiger partial charge in [-0.3, -0.25) is 13.8 Å². The summed E-state index contributed by atoms with van der Waals surface area (Å²) in [6.07, 6.45) is 2.25. The summed E-state index contributed by atoms with van der Waals surface area (Å²) < 4.78 is 80.2. The maximum absolute atomic E-state index is 15.8. The number of pyridine rings is 1. The summed E-state index contributed by atoms with van der Waals surface area (Å²) >= 11 is -3.08. The van der Waals surface area contributed by atoms with Crippen molar-refractivity contribution in [3.05, 3.63) is 95.1 Å². The molecular weight excluding hydrogens is 667 g/mol. The maximum Gasteiger partial charge on any atom is 0.314 e. The second-order valence-corrected chi connectivity index (χ2v) is 12.3. The van der Waals surface area contributed by atoms with Gasteiger partial charge in [-0.05, 0) is 62.1 Å². The number of aliphatic carboxylic acids is 1. The molecule has 0 spiro atoms. The fourth-order valence-electron chi connectivity index (χ4n) is 5.73. The largest absolute Gasteiger partial charge is 0.754 e. The molecule has 0 bridgehead atoms. The van der Waals surface area contributed by atoms with E-state index in [4.69, 9.17) is 9.26 Å². The Hall–Kier alpha value is -5.06. The molecule has 1 fully saturated rings. The van der Waals surface area contributed by atoms with Crippen molar-refractivity contribution < 1.29 is 45.9 Å². The number of carboxylic acid groups (broad SMARTS) is 1. The van der Waals surface area contributed by atoms with Crippen LogP contribution in [0.1, 0.15) is 52.6 Å². The predicted molar refractivity (Wildman–Crippen MR) is 170 cm³/mol. The number of aromatic nitrogens is 3. The highest BCUT2D eigenvalue weighted by Crippen LogP contribution is 2.33. The SMILES string of the molecule is Cc1cc(C(CCCOc2ccc(-c3cnc4[nH]cc(C(=O)c5c(F)ccc(N(N6CC[C@@H](F)C6)S(=O)[O-])c5F)c4c3)cc2)C(=O)O)on1. The molecule has 1 aliphatic rings. The molecule has 16 heteroatoms. The van der Waals surface area contributed by atoms with Gasteiger partial charge in [0.2, 0.25) is 5.78 Å². The fraction of sp³-hybridized carbons (Fsp3) is 0.273. The van der Waals surface area contributed by atoms with Gasteiger partial charge in [-0.1, -0.05) is 17.3 Å². The number of carbonyl (C=O) groups excluding carboxylic acids is 1. The highest BCUT2D eigenvalue weighted by atomic mass is 32.2. The summed E-state index contributed by atoms with van der Waals surface area (Å²) in [5.74, 6) is -4.68. The lowest BCUT2D eigenvalue weighted by molar-refractivity contribution is -0.139. The number of aryl methyl sites for hydroxylation is 1. The fourth-order valence-corrected chi connectivity index (χ4v) is 6.37. The normalized spacial score (nSPS) is 16.1. The number of ketones is 1. The van der Waals surface area contributed by atoms with Crippen LogP contribution in [0.25, 0.3) is 22.2 Å². The first-order chi connectivity index (χ1) is 23.5. The number of nitrogens with zero attached hydrogens (tertiary/aromatic N) is 4. The molecule has 49 heavy (non-hydrogen) atoms. The lowest BCUT2D eigenvalue weighted by Gasteiger charge is -2.34. The summed E-state index contributed by atoms with van der Waals surface area (Å²) in [6, 6.07) is 11.8. The van der Waals surface area contributed by atoms with E-state index in [2.05, 4.69) is 15.1 Å². The number of rotatable bonds is 13. The maximum atomic E-state index is 15.8. The molecule has 0 amide bonds. The average Bonchev–Trinajstić information content (AvgIpc) is 3.81. The molecule has 0 radical (unpaired) electrons. The third-order valence-corrected chi connectivity index (χ3v) is 8.88. The summed E-state index contributed by atoms with van der Waals surface area (Å²) in [4.78, 5) is 32.5. The van der Waals surface area contributed by atoms with E-state index in [-0.39, 0.29) is 54.9 Å². The number of anilines is 1. The van der Waals surface area contributed by atoms with Crippen molar-refractivity contribution in [3.8, 4) is 16.9 Å². The summed E-state index contributed by atoms with van der Waals surface area (Å²) in [5.41, 5.74) is 0.466. The summed E-state index contributed by atoms with van der Waals surface area (Å²) in [5, 5.41) is 14.6. The smallest absolute Gasteiger partial charge is 0.314 e. The first kappa shape index (κ1) is 33.8. The van der Waals surface area contributed by atoms with Crippen molar-refractivity contribution in [1.82, 2.24) is 20.1 Å². The Morgan fingerprint density at radius 3 is 2.63 bits per heavy atom. The topological polar surface area (TPSA) is 165 Å². The van der Waals surface area contributed by atoms with E-state index >= 15 is 8.78 Å². The van der Waals surface area contributed by atoms with Crippen LogP contribution < -0.4 is 9.15 Å². The van der Waals surface area contributed by atoms with Crippen LogP contribution in [-0.2, 0) is 16.1 Å². The van der Waals surface area contributed by atoms with Gasteiger partial charge in [-0.15, -0.1) is 0 Å². The molecular formula is C33H29F3N5O7S-. The number of fused-ring (bicyclic) bond motifs is 1. The van der Waals surface area contributed by atoms with E-state index in [9.17, 15) is 27.8 Å². The zero-order valence-electron chi connectivity index (χ0n) is 25.9. The van der Waals surface area contributed by atoms with Gasteiger partial charge in [-0.2, -0.15) is 0 Å². The number of ether oxygens (including phenoxy) is 1. The molecule has 3 aromatic heterocycles. The standard InChI is InChI=1S/C33H30F3N5O7S/c1-18-13-28(48-39-18)23(33(43)44)3-2-12-47-22-6-4-19(5-7-22)20-14-24-25(16-38-32(24)37-15-20)31(42)29-26(35)8-9-27(30(29)36)41(49(45)46)40-11-10-21(34)17-40/h4-9,13-16,21,23H,2-3,10-12,17H2,1H3,(H,37,38)(H,43,44)(H,45,46)/p-1/t21-,23?/m1/s1. The quantitative estimate of drug-likeness (QED) is 0.0897. The molecule has 3 atom stereocenters. The molecule has 12 nitrogen and oxygen atoms in total. The van der Waals surface area contributed by atoms with E-state index in [1.807, 2.05) is 0 Å². The highest BCUT2D eigenvalue weighted by molar-refractivity contribution is 7.80. The Labute approximate surface area is 279 Å². The number of nitrogens with one attached hydrogen (secondary N) is 1. The molecule has 2 N–H and O–H groups in total. The molecule has 5 aromatic rings. The van der Waals surface area contributed by atoms with E-state index in [0.717, 1.165) is 17.1 Å². The van der Waals surface area contributed by atoms with Crippen LogP contribution in [0, 0.1) is 18.6 Å². The first-order valence-electron chi connectivity index (χ1n) is 15.2. The minimum absolute atomic E-state index is 0.0170. The zero-order valence-corrected chi connectivity index (χ0v) is 26.7. The molecule has 1 saturated heterocycles. The summed E-state index contributed by atoms with van der Waals surface area (Å²) in [7, 11) is 0. The molecule has 2 unspecified atom stereocenters. The van der Waals surface area contributed by atoms with E-state index in [0.29, 0.717) is 33.4 Å². The molecule has 2 aromatic carbocycles. The van der Waals surface area contributed by atoms with Gasteiger partial charge >= 0.3 is 5.97 Å². The average molecular weight is 697 g/mol. The molecule has 0 aliphatic carbocycles. The highest BCUT2D eigenvalue weighted by Gasteiger charge is 2.32. The molecule has 4 heterocycles. The van der Waals surface area contributed by atoms with Crippen LogP contribution in [0.3, 0.4) is 0 Å². The van der Waals surface area contributed by atoms with Gasteiger partial charge in [0.15, 0.2) is 11.6 Å². The van der Waals surface area contributed by atoms with Gasteiger partial charge in [0.1, 0.15) is 35.0 Å². The van der Waals surface area contributed by atoms with Crippen LogP contribution in [0.4, 0.5) is 18.9 Å². The van der Waals surface area contributed by atoms with E-state index < -0.39 is 58.0 Å². The van der Waals surface area contributed by atoms with Crippen molar-refractivity contribution in [2.45, 2.75) is 38.3 Å². The van der Waals surface area contributed by atoms with E-state index in [1.54, 1.807) is 49.5 Å². The molecule has 0 saturated carbocycles. The number of carbonyl (C=O) groups is 2. The van der Waals surface area contributed by atoms with Gasteiger partial charge in [0, 0.05) is 41.5 Å². The number of H-pyrrole nitrogens is 1. The number of hydrogen-bond donors (Lipinski definition) is 2. The van der Waals surface area contributed by atoms with Crippen molar-refractivity contribution in [1.29, 1.82) is 0 Å². The number of alkyl halides is 1. The number of carboxylic acids is 1.